The second-order valence-corrected chi connectivity index (χ2v) is 4.66. The Bertz CT molecular complexity index is 306. The molecule has 94 valence electrons. The monoisotopic (exact) mass is 230 g/mol. The average molecular weight is 230 g/mol. The summed E-state index contributed by atoms with van der Waals surface area (Å²) in [7, 11) is 0. The zero-order valence-corrected chi connectivity index (χ0v) is 11.5. The van der Waals surface area contributed by atoms with Gasteiger partial charge in [0.25, 0.3) is 0 Å². The first kappa shape index (κ1) is 14.0. The van der Waals surface area contributed by atoms with Crippen molar-refractivity contribution in [2.75, 3.05) is 0 Å². The molecule has 0 aromatic heterocycles. The fraction of sp³-hybridized carbons (Fsp3) is 0.529. The van der Waals surface area contributed by atoms with Crippen LogP contribution in [0.1, 0.15) is 33.6 Å². The van der Waals surface area contributed by atoms with E-state index in [4.69, 9.17) is 0 Å². The highest BCUT2D eigenvalue weighted by Crippen LogP contribution is 2.41. The molecule has 4 unspecified atom stereocenters. The lowest BCUT2D eigenvalue weighted by Crippen LogP contribution is -2.29. The summed E-state index contributed by atoms with van der Waals surface area (Å²) in [5.41, 5.74) is 0. The predicted molar refractivity (Wildman–Crippen MR) is 77.8 cm³/mol. The van der Waals surface area contributed by atoms with Gasteiger partial charge in [0.05, 0.1) is 0 Å². The molecule has 0 nitrogen and oxygen atoms in total. The van der Waals surface area contributed by atoms with Gasteiger partial charge in [-0.1, -0.05) is 56.4 Å². The maximum atomic E-state index is 3.98. The summed E-state index contributed by atoms with van der Waals surface area (Å²) < 4.78 is 0. The Kier molecular flexibility index (Phi) is 6.04. The van der Waals surface area contributed by atoms with Crippen molar-refractivity contribution in [2.24, 2.45) is 23.7 Å². The van der Waals surface area contributed by atoms with Crippen LogP contribution in [0.15, 0.2) is 49.1 Å². The van der Waals surface area contributed by atoms with Gasteiger partial charge in [-0.3, -0.25) is 0 Å². The van der Waals surface area contributed by atoms with Crippen LogP contribution in [-0.2, 0) is 0 Å². The molecule has 0 spiro atoms. The maximum Gasteiger partial charge on any atom is -0.0161 e. The molecular formula is C17H26. The Labute approximate surface area is 107 Å². The minimum absolute atomic E-state index is 0.665. The molecule has 1 fully saturated rings. The van der Waals surface area contributed by atoms with Gasteiger partial charge in [-0.05, 0) is 43.4 Å². The second kappa shape index (κ2) is 7.32. The smallest absolute Gasteiger partial charge is 0.0161 e. The van der Waals surface area contributed by atoms with Gasteiger partial charge in [0.15, 0.2) is 0 Å². The third kappa shape index (κ3) is 3.46. The quantitative estimate of drug-likeness (QED) is 0.575. The van der Waals surface area contributed by atoms with Gasteiger partial charge in [0.2, 0.25) is 0 Å². The molecule has 0 aliphatic heterocycles. The number of rotatable bonds is 2. The van der Waals surface area contributed by atoms with E-state index in [9.17, 15) is 0 Å². The van der Waals surface area contributed by atoms with Crippen molar-refractivity contribution in [1.29, 1.82) is 0 Å². The molecule has 0 heteroatoms. The summed E-state index contributed by atoms with van der Waals surface area (Å²) in [6.07, 6.45) is 18.4. The zero-order chi connectivity index (χ0) is 12.7. The summed E-state index contributed by atoms with van der Waals surface area (Å²) in [5, 5.41) is 0. The van der Waals surface area contributed by atoms with E-state index in [0.717, 1.165) is 11.8 Å². The lowest BCUT2D eigenvalue weighted by atomic mass is 9.67. The van der Waals surface area contributed by atoms with E-state index in [2.05, 4.69) is 56.0 Å². The molecule has 0 bridgehead atoms. The SMILES string of the molecule is C=CC1CC2C=CC=CC2CC1/C=C\C.CC. The summed E-state index contributed by atoms with van der Waals surface area (Å²) in [6, 6.07) is 0. The van der Waals surface area contributed by atoms with Crippen molar-refractivity contribution < 1.29 is 0 Å². The van der Waals surface area contributed by atoms with Gasteiger partial charge < -0.3 is 0 Å². The van der Waals surface area contributed by atoms with Crippen LogP contribution in [0.4, 0.5) is 0 Å². The first-order valence-electron chi connectivity index (χ1n) is 6.95. The van der Waals surface area contributed by atoms with E-state index in [1.165, 1.54) is 12.8 Å². The third-order valence-electron chi connectivity index (χ3n) is 3.76. The number of allylic oxidation sites excluding steroid dienone is 7. The number of hydrogen-bond donors (Lipinski definition) is 0. The molecule has 2 rings (SSSR count). The van der Waals surface area contributed by atoms with Gasteiger partial charge in [0, 0.05) is 0 Å². The van der Waals surface area contributed by atoms with Gasteiger partial charge in [-0.25, -0.2) is 0 Å². The molecule has 4 atom stereocenters. The highest BCUT2D eigenvalue weighted by Gasteiger charge is 2.32. The van der Waals surface area contributed by atoms with Crippen molar-refractivity contribution in [2.45, 2.75) is 33.6 Å². The summed E-state index contributed by atoms with van der Waals surface area (Å²) >= 11 is 0. The second-order valence-electron chi connectivity index (χ2n) is 4.66. The fourth-order valence-electron chi connectivity index (χ4n) is 2.92. The van der Waals surface area contributed by atoms with Crippen LogP contribution in [0.3, 0.4) is 0 Å². The molecule has 0 aromatic rings. The summed E-state index contributed by atoms with van der Waals surface area (Å²) in [5.74, 6) is 2.87. The molecule has 2 aliphatic carbocycles. The highest BCUT2D eigenvalue weighted by atomic mass is 14.4. The van der Waals surface area contributed by atoms with Crippen molar-refractivity contribution in [3.63, 3.8) is 0 Å². The van der Waals surface area contributed by atoms with Crippen LogP contribution < -0.4 is 0 Å². The van der Waals surface area contributed by atoms with Gasteiger partial charge in [0.1, 0.15) is 0 Å². The first-order valence-corrected chi connectivity index (χ1v) is 6.95. The normalized spacial score (nSPS) is 35.0. The Morgan fingerprint density at radius 3 is 2.00 bits per heavy atom. The largest absolute Gasteiger partial charge is 0.103 e. The predicted octanol–water partition coefficient (Wildman–Crippen LogP) is 5.16. The van der Waals surface area contributed by atoms with E-state index in [1.54, 1.807) is 0 Å². The number of hydrogen-bond acceptors (Lipinski definition) is 0. The van der Waals surface area contributed by atoms with Crippen molar-refractivity contribution >= 4 is 0 Å². The van der Waals surface area contributed by atoms with Gasteiger partial charge >= 0.3 is 0 Å². The van der Waals surface area contributed by atoms with E-state index < -0.39 is 0 Å². The van der Waals surface area contributed by atoms with Gasteiger partial charge in [-0.15, -0.1) is 6.58 Å². The molecule has 0 radical (unpaired) electrons. The minimum atomic E-state index is 0.665. The van der Waals surface area contributed by atoms with E-state index >= 15 is 0 Å². The number of fused-ring (bicyclic) bond motifs is 1. The minimum Gasteiger partial charge on any atom is -0.103 e. The summed E-state index contributed by atoms with van der Waals surface area (Å²) in [6.45, 7) is 10.1. The lowest BCUT2D eigenvalue weighted by molar-refractivity contribution is 0.231. The standard InChI is InChI=1S/C15H20.C2H6/c1-3-7-13-11-15-9-6-5-8-14(15)10-12(13)4-2;1-2/h3-9,12-15H,2,10-11H2,1H3;1-2H3/b7-3-;. The zero-order valence-electron chi connectivity index (χ0n) is 11.5. The van der Waals surface area contributed by atoms with Crippen molar-refractivity contribution in [1.82, 2.24) is 0 Å². The van der Waals surface area contributed by atoms with Crippen LogP contribution in [0.25, 0.3) is 0 Å². The van der Waals surface area contributed by atoms with Gasteiger partial charge in [-0.2, -0.15) is 0 Å². The van der Waals surface area contributed by atoms with Crippen LogP contribution in [0.5, 0.6) is 0 Å². The lowest BCUT2D eigenvalue weighted by Gasteiger charge is -2.38. The van der Waals surface area contributed by atoms with E-state index in [0.29, 0.717) is 11.8 Å². The summed E-state index contributed by atoms with van der Waals surface area (Å²) in [4.78, 5) is 0. The van der Waals surface area contributed by atoms with Crippen molar-refractivity contribution in [3.05, 3.63) is 49.1 Å². The van der Waals surface area contributed by atoms with E-state index in [-0.39, 0.29) is 0 Å². The Balaban J connectivity index is 0.000000686. The molecule has 0 amide bonds. The van der Waals surface area contributed by atoms with Crippen LogP contribution in [0, 0.1) is 23.7 Å². The van der Waals surface area contributed by atoms with Crippen molar-refractivity contribution in [3.8, 4) is 0 Å². The molecule has 17 heavy (non-hydrogen) atoms. The molecule has 0 N–H and O–H groups in total. The molecular weight excluding hydrogens is 204 g/mol. The third-order valence-corrected chi connectivity index (χ3v) is 3.76. The maximum absolute atomic E-state index is 3.98. The molecule has 2 aliphatic rings. The van der Waals surface area contributed by atoms with Crippen LogP contribution in [-0.4, -0.2) is 0 Å². The average Bonchev–Trinajstić information content (AvgIpc) is 2.40. The highest BCUT2D eigenvalue weighted by molar-refractivity contribution is 5.18. The molecule has 0 saturated heterocycles. The Morgan fingerprint density at radius 1 is 1.00 bits per heavy atom. The fourth-order valence-corrected chi connectivity index (χ4v) is 2.92. The molecule has 1 saturated carbocycles. The van der Waals surface area contributed by atoms with Crippen LogP contribution >= 0.6 is 0 Å². The molecule has 0 heterocycles. The van der Waals surface area contributed by atoms with E-state index in [1.807, 2.05) is 13.8 Å². The topological polar surface area (TPSA) is 0 Å². The molecule has 0 aromatic carbocycles. The van der Waals surface area contributed by atoms with Crippen LogP contribution in [0.2, 0.25) is 0 Å². The first-order chi connectivity index (χ1) is 8.35. The Hall–Kier alpha value is -1.04. The Morgan fingerprint density at radius 2 is 1.53 bits per heavy atom.